The van der Waals surface area contributed by atoms with Crippen molar-refractivity contribution in [3.8, 4) is 0 Å². The van der Waals surface area contributed by atoms with Gasteiger partial charge in [0.2, 0.25) is 5.90 Å². The molecule has 0 fully saturated rings. The molecular weight excluding hydrogens is 298 g/mol. The molecule has 0 saturated heterocycles. The summed E-state index contributed by atoms with van der Waals surface area (Å²) in [5.74, 6) is -2.11. The summed E-state index contributed by atoms with van der Waals surface area (Å²) in [5, 5.41) is 0. The Morgan fingerprint density at radius 2 is 2.17 bits per heavy atom. The van der Waals surface area contributed by atoms with Crippen LogP contribution in [0.4, 0.5) is 0 Å². The fourth-order valence-electron chi connectivity index (χ4n) is 2.05. The first-order valence-corrected chi connectivity index (χ1v) is 7.28. The van der Waals surface area contributed by atoms with E-state index in [1.54, 1.807) is 30.3 Å². The average molecular weight is 318 g/mol. The number of hydrogen-bond donors (Lipinski definition) is 0. The monoisotopic (exact) mass is 318 g/mol. The van der Waals surface area contributed by atoms with Crippen LogP contribution in [0.1, 0.15) is 26.7 Å². The molecule has 0 saturated carbocycles. The van der Waals surface area contributed by atoms with Crippen LogP contribution in [-0.2, 0) is 23.8 Å². The van der Waals surface area contributed by atoms with E-state index in [9.17, 15) is 9.59 Å². The Hall–Kier alpha value is -2.63. The van der Waals surface area contributed by atoms with Crippen molar-refractivity contribution >= 4 is 17.8 Å². The second-order valence-electron chi connectivity index (χ2n) is 4.94. The Morgan fingerprint density at radius 3 is 2.78 bits per heavy atom. The lowest BCUT2D eigenvalue weighted by atomic mass is 9.99. The van der Waals surface area contributed by atoms with E-state index in [2.05, 4.69) is 4.99 Å². The molecule has 6 nitrogen and oxygen atoms in total. The van der Waals surface area contributed by atoms with Gasteiger partial charge in [-0.1, -0.05) is 38.1 Å². The number of nitrogens with zero attached hydrogens (tertiary/aromatic N) is 1. The molecular formula is C17H19NO5. The van der Waals surface area contributed by atoms with Gasteiger partial charge in [0.25, 0.3) is 0 Å². The summed E-state index contributed by atoms with van der Waals surface area (Å²) in [6.07, 6.45) is 1.57. The number of hydrogen-bond acceptors (Lipinski definition) is 6. The van der Waals surface area contributed by atoms with Crippen LogP contribution < -0.4 is 0 Å². The lowest BCUT2D eigenvalue weighted by molar-refractivity contribution is -0.155. The number of carbonyl (C=O) groups is 2. The van der Waals surface area contributed by atoms with Gasteiger partial charge in [0.15, 0.2) is 0 Å². The number of carbonyl (C=O) groups excluding carboxylic acids is 2. The molecule has 1 unspecified atom stereocenters. The maximum atomic E-state index is 12.5. The third-order valence-corrected chi connectivity index (χ3v) is 3.37. The zero-order valence-electron chi connectivity index (χ0n) is 14.1. The van der Waals surface area contributed by atoms with Gasteiger partial charge in [-0.2, -0.15) is 0 Å². The van der Waals surface area contributed by atoms with Crippen molar-refractivity contribution in [2.45, 2.75) is 25.3 Å². The highest BCUT2D eigenvalue weighted by molar-refractivity contribution is 6.19. The number of benzene rings is 1. The van der Waals surface area contributed by atoms with Gasteiger partial charge in [0.1, 0.15) is 5.76 Å². The number of esters is 2. The smallest absolute Gasteiger partial charge is 0.360 e. The summed E-state index contributed by atoms with van der Waals surface area (Å²) < 4.78 is 22.9. The van der Waals surface area contributed by atoms with Crippen molar-refractivity contribution in [1.29, 1.82) is 0 Å². The Bertz CT molecular complexity index is 671. The summed E-state index contributed by atoms with van der Waals surface area (Å²) in [5.41, 5.74) is -1.59. The zero-order chi connectivity index (χ0) is 17.6. The van der Waals surface area contributed by atoms with Crippen LogP contribution in [0, 0.1) is 0 Å². The van der Waals surface area contributed by atoms with E-state index in [-0.39, 0.29) is 18.3 Å². The van der Waals surface area contributed by atoms with E-state index in [1.807, 2.05) is 6.92 Å². The van der Waals surface area contributed by atoms with Crippen LogP contribution in [0.5, 0.6) is 0 Å². The summed E-state index contributed by atoms with van der Waals surface area (Å²) in [7, 11) is 1.14. The summed E-state index contributed by atoms with van der Waals surface area (Å²) >= 11 is 0. The molecule has 1 aromatic carbocycles. The first-order chi connectivity index (χ1) is 11.6. The minimum atomic E-state index is -2.13. The molecule has 0 N–H and O–H groups in total. The highest BCUT2D eigenvalue weighted by Crippen LogP contribution is 2.32. The molecule has 2 rings (SSSR count). The SMILES string of the molecule is [2H]C=C(OCCCC)C1(C(=O)OC)N=C(c2ccccc2)OC1=O. The average Bonchev–Trinajstić information content (AvgIpc) is 2.97. The second-order valence-corrected chi connectivity index (χ2v) is 4.94. The molecule has 0 amide bonds. The molecule has 1 heterocycles. The van der Waals surface area contributed by atoms with Gasteiger partial charge < -0.3 is 14.2 Å². The van der Waals surface area contributed by atoms with Crippen LogP contribution in [0.3, 0.4) is 0 Å². The van der Waals surface area contributed by atoms with E-state index < -0.39 is 17.5 Å². The fourth-order valence-corrected chi connectivity index (χ4v) is 2.05. The van der Waals surface area contributed by atoms with Crippen LogP contribution in [0.15, 0.2) is 47.6 Å². The van der Waals surface area contributed by atoms with Crippen LogP contribution in [0.25, 0.3) is 0 Å². The van der Waals surface area contributed by atoms with Gasteiger partial charge in [0.05, 0.1) is 15.1 Å². The van der Waals surface area contributed by atoms with Crippen LogP contribution in [-0.4, -0.2) is 37.1 Å². The third kappa shape index (κ3) is 3.11. The Kier molecular flexibility index (Phi) is 4.71. The molecule has 1 aromatic rings. The Balaban J connectivity index is 2.45. The first kappa shape index (κ1) is 15.3. The van der Waals surface area contributed by atoms with E-state index in [0.29, 0.717) is 12.0 Å². The van der Waals surface area contributed by atoms with Gasteiger partial charge in [-0.25, -0.2) is 14.6 Å². The van der Waals surface area contributed by atoms with E-state index in [4.69, 9.17) is 15.6 Å². The van der Waals surface area contributed by atoms with Crippen LogP contribution >= 0.6 is 0 Å². The normalized spacial score (nSPS) is 21.3. The minimum Gasteiger partial charge on any atom is -0.495 e. The number of rotatable bonds is 7. The molecule has 1 aliphatic rings. The molecule has 0 spiro atoms. The highest BCUT2D eigenvalue weighted by Gasteiger charge is 2.58. The number of cyclic esters (lactones) is 1. The third-order valence-electron chi connectivity index (χ3n) is 3.37. The molecule has 0 aliphatic carbocycles. The molecule has 1 aliphatic heterocycles. The Labute approximate surface area is 136 Å². The number of unbranched alkanes of at least 4 members (excludes halogenated alkanes) is 1. The second kappa shape index (κ2) is 7.09. The highest BCUT2D eigenvalue weighted by atomic mass is 16.6. The van der Waals surface area contributed by atoms with Crippen molar-refractivity contribution in [3.63, 3.8) is 0 Å². The predicted octanol–water partition coefficient (Wildman–Crippen LogP) is 2.23. The topological polar surface area (TPSA) is 74.2 Å². The van der Waals surface area contributed by atoms with E-state index >= 15 is 0 Å². The molecule has 0 bridgehead atoms. The number of methoxy groups -OCH3 is 1. The summed E-state index contributed by atoms with van der Waals surface area (Å²) in [4.78, 5) is 28.9. The van der Waals surface area contributed by atoms with Gasteiger partial charge in [-0.3, -0.25) is 0 Å². The Morgan fingerprint density at radius 1 is 1.43 bits per heavy atom. The van der Waals surface area contributed by atoms with Gasteiger partial charge in [-0.05, 0) is 18.6 Å². The molecule has 1 atom stereocenters. The quantitative estimate of drug-likeness (QED) is 0.333. The maximum absolute atomic E-state index is 12.5. The first-order valence-electron chi connectivity index (χ1n) is 7.85. The standard InChI is InChI=1S/C17H19NO5/c1-4-5-11-22-12(2)17(15(19)21-3)16(20)23-14(18-17)13-9-7-6-8-10-13/h6-10H,2,4-5,11H2,1,3H3/i2D. The maximum Gasteiger partial charge on any atom is 0.360 e. The van der Waals surface area contributed by atoms with Gasteiger partial charge in [0, 0.05) is 5.56 Å². The zero-order valence-corrected chi connectivity index (χ0v) is 13.1. The molecule has 23 heavy (non-hydrogen) atoms. The largest absolute Gasteiger partial charge is 0.495 e. The van der Waals surface area contributed by atoms with E-state index in [0.717, 1.165) is 20.1 Å². The minimum absolute atomic E-state index is 0.00978. The molecule has 0 aromatic heterocycles. The number of ether oxygens (including phenoxy) is 3. The molecule has 6 heteroatoms. The van der Waals surface area contributed by atoms with Gasteiger partial charge >= 0.3 is 17.5 Å². The predicted molar refractivity (Wildman–Crippen MR) is 83.8 cm³/mol. The summed E-state index contributed by atoms with van der Waals surface area (Å²) in [6, 6.07) is 8.70. The van der Waals surface area contributed by atoms with Crippen molar-refractivity contribution < 1.29 is 25.2 Å². The summed E-state index contributed by atoms with van der Waals surface area (Å²) in [6.45, 7) is 3.02. The van der Waals surface area contributed by atoms with E-state index in [1.165, 1.54) is 0 Å². The molecule has 122 valence electrons. The van der Waals surface area contributed by atoms with Crippen molar-refractivity contribution in [1.82, 2.24) is 0 Å². The number of aliphatic imine (C=N–C) groups is 1. The fraction of sp³-hybridized carbons (Fsp3) is 0.353. The van der Waals surface area contributed by atoms with Crippen molar-refractivity contribution in [3.05, 3.63) is 48.2 Å². The lowest BCUT2D eigenvalue weighted by Crippen LogP contribution is -2.46. The van der Waals surface area contributed by atoms with Gasteiger partial charge in [-0.15, -0.1) is 0 Å². The molecule has 0 radical (unpaired) electrons. The van der Waals surface area contributed by atoms with Crippen molar-refractivity contribution in [2.24, 2.45) is 4.99 Å². The van der Waals surface area contributed by atoms with Crippen molar-refractivity contribution in [2.75, 3.05) is 13.7 Å². The lowest BCUT2D eigenvalue weighted by Gasteiger charge is -2.21. The van der Waals surface area contributed by atoms with Crippen LogP contribution in [0.2, 0.25) is 0 Å².